The molecule has 2 heterocycles. The van der Waals surface area contributed by atoms with Crippen molar-refractivity contribution in [2.75, 3.05) is 23.7 Å². The van der Waals surface area contributed by atoms with Crippen LogP contribution in [0.25, 0.3) is 0 Å². The Kier molecular flexibility index (Phi) is 4.35. The Labute approximate surface area is 130 Å². The Morgan fingerprint density at radius 3 is 2.71 bits per heavy atom. The van der Waals surface area contributed by atoms with E-state index in [1.54, 1.807) is 0 Å². The van der Waals surface area contributed by atoms with Gasteiger partial charge in [0.25, 0.3) is 0 Å². The number of hydrogen-bond acceptors (Lipinski definition) is 6. The van der Waals surface area contributed by atoms with Crippen LogP contribution in [-0.2, 0) is 4.74 Å². The van der Waals surface area contributed by atoms with Crippen molar-refractivity contribution in [2.45, 2.75) is 52.4 Å². The first-order valence-corrected chi connectivity index (χ1v) is 7.97. The first kappa shape index (κ1) is 15.9. The zero-order valence-electron chi connectivity index (χ0n) is 13.3. The maximum atomic E-state index is 9.23. The number of nitrogen functional groups attached to an aromatic ring is 1. The summed E-state index contributed by atoms with van der Waals surface area (Å²) in [6.07, 6.45) is 0.133. The molecule has 2 rings (SSSR count). The maximum Gasteiger partial charge on any atom is 0.178 e. The van der Waals surface area contributed by atoms with Gasteiger partial charge in [-0.1, -0.05) is 0 Å². The highest BCUT2D eigenvalue weighted by atomic mass is 32.1. The Morgan fingerprint density at radius 1 is 1.52 bits per heavy atom. The fourth-order valence-corrected chi connectivity index (χ4v) is 3.63. The third-order valence-corrected chi connectivity index (χ3v) is 4.35. The summed E-state index contributed by atoms with van der Waals surface area (Å²) in [5.74, 6) is 0.636. The third-order valence-electron chi connectivity index (χ3n) is 3.19. The SMILES string of the molecule is CC(C)Oc1c(N2CC(C)OC(C)(C)C2)sc(C#N)c1N. The van der Waals surface area contributed by atoms with Gasteiger partial charge in [0.05, 0.1) is 17.8 Å². The van der Waals surface area contributed by atoms with Crippen LogP contribution in [0.1, 0.15) is 39.5 Å². The molecule has 1 unspecified atom stereocenters. The lowest BCUT2D eigenvalue weighted by molar-refractivity contribution is -0.0748. The topological polar surface area (TPSA) is 71.5 Å². The standard InChI is InChI=1S/C15H23N3O2S/c1-9(2)19-13-12(17)11(6-16)21-14(13)18-7-10(3)20-15(4,5)8-18/h9-10H,7-8,17H2,1-5H3. The second kappa shape index (κ2) is 5.74. The van der Waals surface area contributed by atoms with Gasteiger partial charge in [0.2, 0.25) is 0 Å². The highest BCUT2D eigenvalue weighted by Crippen LogP contribution is 2.46. The minimum absolute atomic E-state index is 0.0127. The fraction of sp³-hybridized carbons (Fsp3) is 0.667. The Balaban J connectivity index is 2.40. The summed E-state index contributed by atoms with van der Waals surface area (Å²) in [5.41, 5.74) is 6.29. The molecular weight excluding hydrogens is 286 g/mol. The first-order chi connectivity index (χ1) is 9.73. The molecule has 1 aromatic rings. The molecule has 5 nitrogen and oxygen atoms in total. The number of anilines is 2. The van der Waals surface area contributed by atoms with Crippen LogP contribution in [0.3, 0.4) is 0 Å². The summed E-state index contributed by atoms with van der Waals surface area (Å²) >= 11 is 1.40. The average molecular weight is 309 g/mol. The molecule has 21 heavy (non-hydrogen) atoms. The van der Waals surface area contributed by atoms with E-state index in [-0.39, 0.29) is 17.8 Å². The van der Waals surface area contributed by atoms with Gasteiger partial charge in [-0.05, 0) is 34.6 Å². The van der Waals surface area contributed by atoms with Crippen molar-refractivity contribution in [3.63, 3.8) is 0 Å². The summed E-state index contributed by atoms with van der Waals surface area (Å²) < 4.78 is 11.8. The summed E-state index contributed by atoms with van der Waals surface area (Å²) in [5, 5.41) is 10.2. The number of rotatable bonds is 3. The van der Waals surface area contributed by atoms with E-state index in [1.807, 2.05) is 13.8 Å². The highest BCUT2D eigenvalue weighted by molar-refractivity contribution is 7.17. The molecule has 0 radical (unpaired) electrons. The maximum absolute atomic E-state index is 9.23. The molecule has 6 heteroatoms. The van der Waals surface area contributed by atoms with E-state index < -0.39 is 0 Å². The first-order valence-electron chi connectivity index (χ1n) is 7.15. The largest absolute Gasteiger partial charge is 0.486 e. The molecule has 0 spiro atoms. The van der Waals surface area contributed by atoms with E-state index in [0.717, 1.165) is 18.1 Å². The fourth-order valence-electron chi connectivity index (χ4n) is 2.67. The van der Waals surface area contributed by atoms with Gasteiger partial charge in [0.15, 0.2) is 5.75 Å². The zero-order chi connectivity index (χ0) is 15.8. The normalized spacial score (nSPS) is 21.4. The third kappa shape index (κ3) is 3.42. The van der Waals surface area contributed by atoms with Crippen LogP contribution >= 0.6 is 11.3 Å². The number of thiophene rings is 1. The molecule has 0 saturated carbocycles. The van der Waals surface area contributed by atoms with Crippen LogP contribution in [0.4, 0.5) is 10.7 Å². The van der Waals surface area contributed by atoms with Gasteiger partial charge < -0.3 is 20.1 Å². The average Bonchev–Trinajstić information content (AvgIpc) is 2.63. The highest BCUT2D eigenvalue weighted by Gasteiger charge is 2.34. The summed E-state index contributed by atoms with van der Waals surface area (Å²) in [4.78, 5) is 2.73. The molecule has 116 valence electrons. The second-order valence-electron chi connectivity index (χ2n) is 6.33. The lowest BCUT2D eigenvalue weighted by Crippen LogP contribution is -2.51. The molecule has 2 N–H and O–H groups in total. The van der Waals surface area contributed by atoms with Gasteiger partial charge in [-0.25, -0.2) is 0 Å². The van der Waals surface area contributed by atoms with Gasteiger partial charge >= 0.3 is 0 Å². The Bertz CT molecular complexity index is 560. The number of nitrogens with two attached hydrogens (primary N) is 1. The van der Waals surface area contributed by atoms with E-state index in [0.29, 0.717) is 16.3 Å². The molecular formula is C15H23N3O2S. The molecule has 0 aliphatic carbocycles. The van der Waals surface area contributed by atoms with E-state index in [1.165, 1.54) is 11.3 Å². The van der Waals surface area contributed by atoms with Crippen molar-refractivity contribution >= 4 is 22.0 Å². The molecule has 0 bridgehead atoms. The second-order valence-corrected chi connectivity index (χ2v) is 7.33. The van der Waals surface area contributed by atoms with Crippen LogP contribution in [-0.4, -0.2) is 30.9 Å². The molecule has 1 aliphatic rings. The van der Waals surface area contributed by atoms with Crippen LogP contribution < -0.4 is 15.4 Å². The Morgan fingerprint density at radius 2 is 2.19 bits per heavy atom. The lowest BCUT2D eigenvalue weighted by Gasteiger charge is -2.42. The smallest absolute Gasteiger partial charge is 0.178 e. The number of nitriles is 1. The minimum Gasteiger partial charge on any atom is -0.486 e. The van der Waals surface area contributed by atoms with Crippen LogP contribution in [0.5, 0.6) is 5.75 Å². The molecule has 1 fully saturated rings. The predicted molar refractivity (Wildman–Crippen MR) is 86.0 cm³/mol. The molecule has 1 aromatic heterocycles. The van der Waals surface area contributed by atoms with Crippen LogP contribution in [0, 0.1) is 11.3 Å². The summed E-state index contributed by atoms with van der Waals surface area (Å²) in [6, 6.07) is 2.16. The number of morpholine rings is 1. The molecule has 1 atom stereocenters. The van der Waals surface area contributed by atoms with Gasteiger partial charge in [-0.3, -0.25) is 0 Å². The molecule has 0 amide bonds. The monoisotopic (exact) mass is 309 g/mol. The van der Waals surface area contributed by atoms with Gasteiger partial charge in [0.1, 0.15) is 21.6 Å². The van der Waals surface area contributed by atoms with Gasteiger partial charge in [-0.15, -0.1) is 11.3 Å². The van der Waals surface area contributed by atoms with Crippen molar-refractivity contribution in [3.8, 4) is 11.8 Å². The van der Waals surface area contributed by atoms with E-state index >= 15 is 0 Å². The van der Waals surface area contributed by atoms with Crippen molar-refractivity contribution in [3.05, 3.63) is 4.88 Å². The van der Waals surface area contributed by atoms with Gasteiger partial charge in [0, 0.05) is 13.1 Å². The summed E-state index contributed by atoms with van der Waals surface area (Å²) in [6.45, 7) is 11.6. The van der Waals surface area contributed by atoms with Crippen molar-refractivity contribution in [1.82, 2.24) is 0 Å². The van der Waals surface area contributed by atoms with Crippen LogP contribution in [0.2, 0.25) is 0 Å². The lowest BCUT2D eigenvalue weighted by atomic mass is 10.1. The van der Waals surface area contributed by atoms with Crippen molar-refractivity contribution < 1.29 is 9.47 Å². The number of nitrogens with zero attached hydrogens (tertiary/aromatic N) is 2. The van der Waals surface area contributed by atoms with E-state index in [9.17, 15) is 5.26 Å². The molecule has 1 aliphatic heterocycles. The summed E-state index contributed by atoms with van der Waals surface area (Å²) in [7, 11) is 0. The predicted octanol–water partition coefficient (Wildman–Crippen LogP) is 2.99. The van der Waals surface area contributed by atoms with E-state index in [4.69, 9.17) is 15.2 Å². The Hall–Kier alpha value is -1.45. The van der Waals surface area contributed by atoms with Crippen molar-refractivity contribution in [1.29, 1.82) is 5.26 Å². The zero-order valence-corrected chi connectivity index (χ0v) is 14.1. The van der Waals surface area contributed by atoms with E-state index in [2.05, 4.69) is 31.7 Å². The van der Waals surface area contributed by atoms with Crippen LogP contribution in [0.15, 0.2) is 0 Å². The minimum atomic E-state index is -0.238. The molecule has 0 aromatic carbocycles. The molecule has 1 saturated heterocycles. The van der Waals surface area contributed by atoms with Crippen molar-refractivity contribution in [2.24, 2.45) is 0 Å². The number of ether oxygens (including phenoxy) is 2. The van der Waals surface area contributed by atoms with Gasteiger partial charge in [-0.2, -0.15) is 5.26 Å². The number of hydrogen-bond donors (Lipinski definition) is 1. The quantitative estimate of drug-likeness (QED) is 0.929.